The minimum absolute atomic E-state index is 0.153. The first-order chi connectivity index (χ1) is 8.69. The SMILES string of the molecule is Cc1cc(CCNc2ncc(CN)s2)ccc1F. The standard InChI is InChI=1S/C13H16FN3S/c1-9-6-10(2-3-12(9)14)4-5-16-13-17-8-11(7-15)18-13/h2-3,6,8H,4-5,7,15H2,1H3,(H,16,17). The Bertz CT molecular complexity index is 525. The van der Waals surface area contributed by atoms with Crippen molar-refractivity contribution >= 4 is 16.5 Å². The number of rotatable bonds is 5. The van der Waals surface area contributed by atoms with Gasteiger partial charge in [0.15, 0.2) is 5.13 Å². The van der Waals surface area contributed by atoms with Crippen molar-refractivity contribution in [1.82, 2.24) is 4.98 Å². The highest BCUT2D eigenvalue weighted by molar-refractivity contribution is 7.15. The third-order valence-electron chi connectivity index (χ3n) is 2.67. The van der Waals surface area contributed by atoms with E-state index in [-0.39, 0.29) is 5.82 Å². The number of hydrogen-bond acceptors (Lipinski definition) is 4. The molecule has 0 aliphatic carbocycles. The molecule has 0 aliphatic heterocycles. The molecule has 0 radical (unpaired) electrons. The van der Waals surface area contributed by atoms with Crippen molar-refractivity contribution in [2.24, 2.45) is 5.73 Å². The molecule has 0 amide bonds. The molecule has 96 valence electrons. The maximum absolute atomic E-state index is 13.1. The fraction of sp³-hybridized carbons (Fsp3) is 0.308. The van der Waals surface area contributed by atoms with E-state index >= 15 is 0 Å². The van der Waals surface area contributed by atoms with Crippen LogP contribution in [0.1, 0.15) is 16.0 Å². The second-order valence-corrected chi connectivity index (χ2v) is 5.21. The molecule has 0 atom stereocenters. The molecule has 1 aromatic carbocycles. The van der Waals surface area contributed by atoms with E-state index in [1.165, 1.54) is 6.07 Å². The molecule has 18 heavy (non-hydrogen) atoms. The number of aromatic nitrogens is 1. The van der Waals surface area contributed by atoms with Crippen molar-refractivity contribution in [2.45, 2.75) is 19.9 Å². The highest BCUT2D eigenvalue weighted by Gasteiger charge is 2.01. The second kappa shape index (κ2) is 5.93. The maximum Gasteiger partial charge on any atom is 0.182 e. The summed E-state index contributed by atoms with van der Waals surface area (Å²) in [6.45, 7) is 3.08. The lowest BCUT2D eigenvalue weighted by molar-refractivity contribution is 0.617. The Morgan fingerprint density at radius 1 is 1.44 bits per heavy atom. The smallest absolute Gasteiger partial charge is 0.182 e. The third-order valence-corrected chi connectivity index (χ3v) is 3.64. The van der Waals surface area contributed by atoms with Crippen molar-refractivity contribution < 1.29 is 4.39 Å². The molecule has 0 saturated heterocycles. The Labute approximate surface area is 110 Å². The van der Waals surface area contributed by atoms with Crippen LogP contribution >= 0.6 is 11.3 Å². The Morgan fingerprint density at radius 2 is 2.28 bits per heavy atom. The summed E-state index contributed by atoms with van der Waals surface area (Å²) >= 11 is 1.57. The monoisotopic (exact) mass is 265 g/mol. The number of thiazole rings is 1. The summed E-state index contributed by atoms with van der Waals surface area (Å²) in [7, 11) is 0. The van der Waals surface area contributed by atoms with Crippen molar-refractivity contribution in [1.29, 1.82) is 0 Å². The molecule has 0 fully saturated rings. The number of nitrogens with two attached hydrogens (primary N) is 1. The second-order valence-electron chi connectivity index (χ2n) is 4.10. The van der Waals surface area contributed by atoms with E-state index in [0.29, 0.717) is 12.1 Å². The van der Waals surface area contributed by atoms with Crippen LogP contribution in [0.25, 0.3) is 0 Å². The molecule has 0 aliphatic rings. The van der Waals surface area contributed by atoms with E-state index in [9.17, 15) is 4.39 Å². The predicted octanol–water partition coefficient (Wildman–Crippen LogP) is 2.70. The number of aryl methyl sites for hydroxylation is 1. The molecule has 2 aromatic rings. The lowest BCUT2D eigenvalue weighted by atomic mass is 10.1. The minimum atomic E-state index is -0.153. The summed E-state index contributed by atoms with van der Waals surface area (Å²) in [6, 6.07) is 5.21. The fourth-order valence-corrected chi connectivity index (χ4v) is 2.38. The van der Waals surface area contributed by atoms with Gasteiger partial charge in [0.2, 0.25) is 0 Å². The maximum atomic E-state index is 13.1. The minimum Gasteiger partial charge on any atom is -0.361 e. The van der Waals surface area contributed by atoms with E-state index in [2.05, 4.69) is 10.3 Å². The van der Waals surface area contributed by atoms with E-state index in [1.807, 2.05) is 12.1 Å². The first-order valence-corrected chi connectivity index (χ1v) is 6.64. The molecular weight excluding hydrogens is 249 g/mol. The van der Waals surface area contributed by atoms with Crippen LogP contribution in [0, 0.1) is 12.7 Å². The van der Waals surface area contributed by atoms with E-state index in [1.54, 1.807) is 24.5 Å². The van der Waals surface area contributed by atoms with Crippen molar-refractivity contribution in [3.05, 3.63) is 46.2 Å². The summed E-state index contributed by atoms with van der Waals surface area (Å²) in [5.74, 6) is -0.153. The van der Waals surface area contributed by atoms with Crippen molar-refractivity contribution in [3.63, 3.8) is 0 Å². The zero-order chi connectivity index (χ0) is 13.0. The van der Waals surface area contributed by atoms with Crippen LogP contribution < -0.4 is 11.1 Å². The predicted molar refractivity (Wildman–Crippen MR) is 73.3 cm³/mol. The molecule has 3 N–H and O–H groups in total. The molecule has 0 bridgehead atoms. The number of benzene rings is 1. The van der Waals surface area contributed by atoms with Gasteiger partial charge < -0.3 is 11.1 Å². The zero-order valence-corrected chi connectivity index (χ0v) is 11.1. The van der Waals surface area contributed by atoms with Crippen LogP contribution in [0.15, 0.2) is 24.4 Å². The van der Waals surface area contributed by atoms with Gasteiger partial charge in [0.1, 0.15) is 5.82 Å². The molecule has 2 rings (SSSR count). The molecule has 5 heteroatoms. The summed E-state index contributed by atoms with van der Waals surface area (Å²) < 4.78 is 13.1. The average molecular weight is 265 g/mol. The topological polar surface area (TPSA) is 50.9 Å². The van der Waals surface area contributed by atoms with Crippen LogP contribution in [-0.4, -0.2) is 11.5 Å². The molecule has 1 aromatic heterocycles. The van der Waals surface area contributed by atoms with Crippen LogP contribution in [0.3, 0.4) is 0 Å². The van der Waals surface area contributed by atoms with Crippen molar-refractivity contribution in [3.8, 4) is 0 Å². The van der Waals surface area contributed by atoms with Gasteiger partial charge in [-0.15, -0.1) is 11.3 Å². The lowest BCUT2D eigenvalue weighted by Crippen LogP contribution is -2.04. The van der Waals surface area contributed by atoms with E-state index in [4.69, 9.17) is 5.73 Å². The Hall–Kier alpha value is -1.46. The number of nitrogens with one attached hydrogen (secondary N) is 1. The van der Waals surface area contributed by atoms with Crippen molar-refractivity contribution in [2.75, 3.05) is 11.9 Å². The third kappa shape index (κ3) is 3.27. The van der Waals surface area contributed by atoms with E-state index < -0.39 is 0 Å². The van der Waals surface area contributed by atoms with Gasteiger partial charge in [0.05, 0.1) is 0 Å². The van der Waals surface area contributed by atoms with Crippen LogP contribution in [0.2, 0.25) is 0 Å². The van der Waals surface area contributed by atoms with Crippen LogP contribution in [0.4, 0.5) is 9.52 Å². The molecule has 0 unspecified atom stereocenters. The normalized spacial score (nSPS) is 10.6. The number of hydrogen-bond donors (Lipinski definition) is 2. The molecule has 3 nitrogen and oxygen atoms in total. The van der Waals surface area contributed by atoms with Gasteiger partial charge >= 0.3 is 0 Å². The quantitative estimate of drug-likeness (QED) is 0.874. The van der Waals surface area contributed by atoms with Gasteiger partial charge in [0, 0.05) is 24.2 Å². The lowest BCUT2D eigenvalue weighted by Gasteiger charge is -2.04. The first kappa shape index (κ1) is 13.0. The first-order valence-electron chi connectivity index (χ1n) is 5.82. The number of halogens is 1. The van der Waals surface area contributed by atoms with Crippen LogP contribution in [0.5, 0.6) is 0 Å². The van der Waals surface area contributed by atoms with Gasteiger partial charge in [-0.3, -0.25) is 0 Å². The molecule has 1 heterocycles. The van der Waals surface area contributed by atoms with Gasteiger partial charge in [-0.1, -0.05) is 12.1 Å². The van der Waals surface area contributed by atoms with Crippen LogP contribution in [-0.2, 0) is 13.0 Å². The fourth-order valence-electron chi connectivity index (χ4n) is 1.66. The summed E-state index contributed by atoms with van der Waals surface area (Å²) in [5.41, 5.74) is 7.33. The highest BCUT2D eigenvalue weighted by atomic mass is 32.1. The summed E-state index contributed by atoms with van der Waals surface area (Å²) in [5, 5.41) is 4.12. The zero-order valence-electron chi connectivity index (χ0n) is 10.2. The number of anilines is 1. The molecule has 0 spiro atoms. The van der Waals surface area contributed by atoms with Gasteiger partial charge in [-0.2, -0.15) is 0 Å². The number of nitrogens with zero attached hydrogens (tertiary/aromatic N) is 1. The van der Waals surface area contributed by atoms with Gasteiger partial charge in [0.25, 0.3) is 0 Å². The largest absolute Gasteiger partial charge is 0.361 e. The highest BCUT2D eigenvalue weighted by Crippen LogP contribution is 2.17. The molecule has 0 saturated carbocycles. The summed E-state index contributed by atoms with van der Waals surface area (Å²) in [4.78, 5) is 5.28. The Morgan fingerprint density at radius 3 is 2.94 bits per heavy atom. The Balaban J connectivity index is 1.86. The molecular formula is C13H16FN3S. The summed E-state index contributed by atoms with van der Waals surface area (Å²) in [6.07, 6.45) is 2.63. The van der Waals surface area contributed by atoms with Gasteiger partial charge in [-0.05, 0) is 30.5 Å². The van der Waals surface area contributed by atoms with E-state index in [0.717, 1.165) is 28.5 Å². The van der Waals surface area contributed by atoms with Gasteiger partial charge in [-0.25, -0.2) is 9.37 Å². The Kier molecular flexibility index (Phi) is 4.28. The average Bonchev–Trinajstić information content (AvgIpc) is 2.82.